The average molecular weight is 280 g/mol. The predicted molar refractivity (Wildman–Crippen MR) is 71.0 cm³/mol. The number of nitrogens with zero attached hydrogens (tertiary/aromatic N) is 4. The summed E-state index contributed by atoms with van der Waals surface area (Å²) in [6, 6.07) is 1.86. The summed E-state index contributed by atoms with van der Waals surface area (Å²) in [6.07, 6.45) is 6.41. The molecule has 100 valence electrons. The molecule has 0 aliphatic carbocycles. The molecule has 2 N–H and O–H groups in total. The van der Waals surface area contributed by atoms with Gasteiger partial charge in [0, 0.05) is 18.9 Å². The second-order valence-electron chi connectivity index (χ2n) is 4.74. The number of halogens is 1. The largest absolute Gasteiger partial charge is 0.382 e. The summed E-state index contributed by atoms with van der Waals surface area (Å²) in [5.41, 5.74) is 0.471. The highest BCUT2D eigenvalue weighted by molar-refractivity contribution is 6.33. The zero-order valence-corrected chi connectivity index (χ0v) is 11.0. The van der Waals surface area contributed by atoms with Gasteiger partial charge >= 0.3 is 0 Å². The van der Waals surface area contributed by atoms with E-state index in [9.17, 15) is 5.11 Å². The summed E-state index contributed by atoms with van der Waals surface area (Å²) in [5.74, 6) is 0. The minimum atomic E-state index is -0.988. The van der Waals surface area contributed by atoms with E-state index in [1.54, 1.807) is 18.6 Å². The Hall–Kier alpha value is -1.66. The van der Waals surface area contributed by atoms with Crippen LogP contribution in [0.15, 0.2) is 24.7 Å². The Morgan fingerprint density at radius 3 is 3.05 bits per heavy atom. The molecule has 1 fully saturated rings. The lowest BCUT2D eigenvalue weighted by Gasteiger charge is -2.39. The SMILES string of the molecule is OC1(c2cn[nH]n2)CCCN(c2ccncc2Cl)C1. The van der Waals surface area contributed by atoms with Gasteiger partial charge in [0.2, 0.25) is 0 Å². The molecule has 1 atom stereocenters. The summed E-state index contributed by atoms with van der Waals surface area (Å²) in [4.78, 5) is 6.04. The molecule has 1 aliphatic heterocycles. The maximum atomic E-state index is 10.7. The maximum absolute atomic E-state index is 10.7. The molecule has 6 nitrogen and oxygen atoms in total. The van der Waals surface area contributed by atoms with E-state index in [2.05, 4.69) is 25.3 Å². The van der Waals surface area contributed by atoms with Gasteiger partial charge in [-0.2, -0.15) is 15.4 Å². The fourth-order valence-corrected chi connectivity index (χ4v) is 2.74. The molecule has 19 heavy (non-hydrogen) atoms. The van der Waals surface area contributed by atoms with E-state index in [1.165, 1.54) is 0 Å². The lowest BCUT2D eigenvalue weighted by molar-refractivity contribution is 0.0177. The van der Waals surface area contributed by atoms with E-state index in [-0.39, 0.29) is 0 Å². The highest BCUT2D eigenvalue weighted by Gasteiger charge is 2.37. The van der Waals surface area contributed by atoms with Crippen LogP contribution in [-0.2, 0) is 5.60 Å². The Bertz CT molecular complexity index is 561. The van der Waals surface area contributed by atoms with Crippen LogP contribution in [0.3, 0.4) is 0 Å². The number of hydrogen-bond donors (Lipinski definition) is 2. The summed E-state index contributed by atoms with van der Waals surface area (Å²) in [6.45, 7) is 1.30. The average Bonchev–Trinajstić information content (AvgIpc) is 2.94. The van der Waals surface area contributed by atoms with Crippen molar-refractivity contribution in [1.29, 1.82) is 0 Å². The lowest BCUT2D eigenvalue weighted by atomic mass is 9.90. The van der Waals surface area contributed by atoms with Crippen LogP contribution < -0.4 is 4.90 Å². The first-order valence-electron chi connectivity index (χ1n) is 6.12. The summed E-state index contributed by atoms with van der Waals surface area (Å²) in [7, 11) is 0. The standard InChI is InChI=1S/C12H14ClN5O/c13-9-6-14-4-2-10(9)18-5-1-3-12(19,8-18)11-7-15-17-16-11/h2,4,6-7,19H,1,3,5,8H2,(H,15,16,17). The molecular formula is C12H14ClN5O. The van der Waals surface area contributed by atoms with E-state index in [0.717, 1.165) is 18.7 Å². The molecule has 7 heteroatoms. The Labute approximate surface area is 115 Å². The highest BCUT2D eigenvalue weighted by atomic mass is 35.5. The lowest BCUT2D eigenvalue weighted by Crippen LogP contribution is -2.46. The molecule has 2 aromatic heterocycles. The predicted octanol–water partition coefficient (Wildman–Crippen LogP) is 1.34. The molecular weight excluding hydrogens is 266 g/mol. The molecule has 2 aromatic rings. The number of anilines is 1. The number of pyridine rings is 1. The fraction of sp³-hybridized carbons (Fsp3) is 0.417. The number of H-pyrrole nitrogens is 1. The number of hydrogen-bond acceptors (Lipinski definition) is 5. The zero-order valence-electron chi connectivity index (χ0n) is 10.3. The molecule has 0 spiro atoms. The second-order valence-corrected chi connectivity index (χ2v) is 5.15. The van der Waals surface area contributed by atoms with E-state index in [0.29, 0.717) is 23.7 Å². The van der Waals surface area contributed by atoms with Gasteiger partial charge in [0.15, 0.2) is 0 Å². The third-order valence-corrected chi connectivity index (χ3v) is 3.75. The number of aliphatic hydroxyl groups is 1. The van der Waals surface area contributed by atoms with Gasteiger partial charge in [-0.05, 0) is 18.9 Å². The normalized spacial score (nSPS) is 23.6. The van der Waals surface area contributed by atoms with Crippen LogP contribution in [0.25, 0.3) is 0 Å². The van der Waals surface area contributed by atoms with Crippen molar-refractivity contribution in [2.24, 2.45) is 0 Å². The summed E-state index contributed by atoms with van der Waals surface area (Å²) < 4.78 is 0. The summed E-state index contributed by atoms with van der Waals surface area (Å²) >= 11 is 6.16. The Morgan fingerprint density at radius 1 is 1.42 bits per heavy atom. The van der Waals surface area contributed by atoms with Crippen LogP contribution in [0.5, 0.6) is 0 Å². The van der Waals surface area contributed by atoms with Crippen molar-refractivity contribution >= 4 is 17.3 Å². The molecule has 1 unspecified atom stereocenters. The molecule has 0 aromatic carbocycles. The van der Waals surface area contributed by atoms with Gasteiger partial charge in [0.05, 0.1) is 23.5 Å². The Morgan fingerprint density at radius 2 is 2.32 bits per heavy atom. The van der Waals surface area contributed by atoms with E-state index >= 15 is 0 Å². The zero-order chi connectivity index (χ0) is 13.3. The van der Waals surface area contributed by atoms with Crippen LogP contribution in [0.2, 0.25) is 5.02 Å². The third-order valence-electron chi connectivity index (χ3n) is 3.45. The maximum Gasteiger partial charge on any atom is 0.127 e. The highest BCUT2D eigenvalue weighted by Crippen LogP contribution is 2.34. The number of rotatable bonds is 2. The van der Waals surface area contributed by atoms with Crippen LogP contribution in [0.1, 0.15) is 18.5 Å². The van der Waals surface area contributed by atoms with Crippen molar-refractivity contribution in [1.82, 2.24) is 20.4 Å². The van der Waals surface area contributed by atoms with Gasteiger partial charge in [-0.25, -0.2) is 0 Å². The second kappa shape index (κ2) is 4.79. The third kappa shape index (κ3) is 2.29. The Kier molecular flexibility index (Phi) is 3.12. The summed E-state index contributed by atoms with van der Waals surface area (Å²) in [5, 5.41) is 21.6. The smallest absolute Gasteiger partial charge is 0.127 e. The van der Waals surface area contributed by atoms with E-state index in [1.807, 2.05) is 6.07 Å². The topological polar surface area (TPSA) is 77.9 Å². The van der Waals surface area contributed by atoms with Crippen molar-refractivity contribution in [2.45, 2.75) is 18.4 Å². The van der Waals surface area contributed by atoms with Crippen molar-refractivity contribution in [3.8, 4) is 0 Å². The van der Waals surface area contributed by atoms with Gasteiger partial charge in [-0.15, -0.1) is 0 Å². The molecule has 1 saturated heterocycles. The van der Waals surface area contributed by atoms with Crippen molar-refractivity contribution in [3.63, 3.8) is 0 Å². The van der Waals surface area contributed by atoms with Gasteiger partial charge < -0.3 is 10.0 Å². The van der Waals surface area contributed by atoms with Crippen LogP contribution in [0, 0.1) is 0 Å². The quantitative estimate of drug-likeness (QED) is 0.867. The Balaban J connectivity index is 1.88. The van der Waals surface area contributed by atoms with Gasteiger partial charge in [0.25, 0.3) is 0 Å². The number of aromatic nitrogens is 4. The number of β-amino-alcohol motifs (C(OH)–C–C–N with tert-alkyl or cyclic N) is 1. The molecule has 1 aliphatic rings. The van der Waals surface area contributed by atoms with Crippen molar-refractivity contribution < 1.29 is 5.11 Å². The number of piperidine rings is 1. The van der Waals surface area contributed by atoms with Gasteiger partial charge in [0.1, 0.15) is 11.3 Å². The number of nitrogens with one attached hydrogen (secondary N) is 1. The molecule has 0 radical (unpaired) electrons. The first-order valence-corrected chi connectivity index (χ1v) is 6.50. The first kappa shape index (κ1) is 12.4. The minimum absolute atomic E-state index is 0.448. The molecule has 0 bridgehead atoms. The van der Waals surface area contributed by atoms with E-state index < -0.39 is 5.60 Å². The van der Waals surface area contributed by atoms with Crippen molar-refractivity contribution in [3.05, 3.63) is 35.4 Å². The fourth-order valence-electron chi connectivity index (χ4n) is 2.50. The molecule has 3 rings (SSSR count). The van der Waals surface area contributed by atoms with Crippen LogP contribution in [-0.4, -0.2) is 38.6 Å². The monoisotopic (exact) mass is 279 g/mol. The van der Waals surface area contributed by atoms with Gasteiger partial charge in [-0.3, -0.25) is 4.98 Å². The minimum Gasteiger partial charge on any atom is -0.382 e. The van der Waals surface area contributed by atoms with Gasteiger partial charge in [-0.1, -0.05) is 11.6 Å². The first-order chi connectivity index (χ1) is 9.19. The van der Waals surface area contributed by atoms with Crippen LogP contribution >= 0.6 is 11.6 Å². The van der Waals surface area contributed by atoms with Crippen molar-refractivity contribution in [2.75, 3.05) is 18.0 Å². The molecule has 0 saturated carbocycles. The van der Waals surface area contributed by atoms with E-state index in [4.69, 9.17) is 11.6 Å². The molecule has 0 amide bonds. The number of aromatic amines is 1. The molecule has 3 heterocycles. The van der Waals surface area contributed by atoms with Crippen LogP contribution in [0.4, 0.5) is 5.69 Å².